The predicted octanol–water partition coefficient (Wildman–Crippen LogP) is 10.0. The van der Waals surface area contributed by atoms with E-state index >= 15 is 0 Å². The maximum atomic E-state index is 13.1. The second kappa shape index (κ2) is 38.5. The Kier molecular flexibility index (Phi) is 28.6. The van der Waals surface area contributed by atoms with Gasteiger partial charge in [0.1, 0.15) is 0 Å². The van der Waals surface area contributed by atoms with Crippen molar-refractivity contribution < 1.29 is 57.5 Å². The Bertz CT molecular complexity index is 4120. The van der Waals surface area contributed by atoms with Crippen molar-refractivity contribution in [3.05, 3.63) is 240 Å². The standard InChI is InChI=1S/4C21H24N4O3/c4*1-13-8-9-18(15-6-4-3-5-7-15)25(14(13)2)21(28)20(27)24-17-10-16(19(22)26)11-23-12-17/h4*3-7,10-14,18H,8-9H2,1-2H3,(H2,22,26)(H,24,27)/t13-,14+,18+;3*13-,14-,18+/m1110/s1. The average Bonchev–Trinajstić information content (AvgIpc) is 0.805. The Morgan fingerprint density at radius 1 is 0.277 bits per heavy atom. The summed E-state index contributed by atoms with van der Waals surface area (Å²) < 4.78 is 0. The zero-order valence-electron chi connectivity index (χ0n) is 63.8. The number of nitrogens with zero attached hydrogens (tertiary/aromatic N) is 8. The maximum Gasteiger partial charge on any atom is 0.313 e. The molecule has 8 aromatic rings. The van der Waals surface area contributed by atoms with Crippen LogP contribution in [0.3, 0.4) is 0 Å². The van der Waals surface area contributed by atoms with Crippen LogP contribution in [0.1, 0.15) is 195 Å². The number of likely N-dealkylation sites (tertiary alicyclic amines) is 4. The summed E-state index contributed by atoms with van der Waals surface area (Å²) in [5.74, 6) is -6.90. The van der Waals surface area contributed by atoms with E-state index in [4.69, 9.17) is 22.9 Å². The van der Waals surface area contributed by atoms with Gasteiger partial charge in [0.25, 0.3) is 0 Å². The van der Waals surface area contributed by atoms with Gasteiger partial charge in [0.05, 0.1) is 94.0 Å². The lowest BCUT2D eigenvalue weighted by Crippen LogP contribution is -2.51. The van der Waals surface area contributed by atoms with Gasteiger partial charge in [0, 0.05) is 49.0 Å². The van der Waals surface area contributed by atoms with Gasteiger partial charge in [0.2, 0.25) is 23.6 Å². The lowest BCUT2D eigenvalue weighted by Gasteiger charge is -2.44. The third-order valence-corrected chi connectivity index (χ3v) is 21.5. The molecule has 4 aromatic carbocycles. The summed E-state index contributed by atoms with van der Waals surface area (Å²) in [6, 6.07) is 43.7. The predicted molar refractivity (Wildman–Crippen MR) is 421 cm³/mol. The van der Waals surface area contributed by atoms with E-state index in [1.165, 1.54) is 73.8 Å². The number of hydrogen-bond donors (Lipinski definition) is 8. The molecule has 12 amide bonds. The minimum absolute atomic E-state index is 0.0766. The number of aromatic nitrogens is 4. The first-order chi connectivity index (χ1) is 53.5. The van der Waals surface area contributed by atoms with Crippen LogP contribution in [-0.2, 0) is 38.4 Å². The molecule has 4 saturated heterocycles. The number of hydrogen-bond acceptors (Lipinski definition) is 16. The molecule has 12 rings (SSSR count). The zero-order chi connectivity index (χ0) is 81.0. The van der Waals surface area contributed by atoms with E-state index in [-0.39, 0.29) is 117 Å². The van der Waals surface area contributed by atoms with Gasteiger partial charge in [-0.15, -0.1) is 0 Å². The number of carbonyl (C=O) groups excluding carboxylic acids is 12. The van der Waals surface area contributed by atoms with Crippen LogP contribution in [0, 0.1) is 23.7 Å². The normalized spacial score (nSPS) is 21.8. The van der Waals surface area contributed by atoms with Crippen LogP contribution in [-0.4, -0.2) is 135 Å². The quantitative estimate of drug-likeness (QED) is 0.0527. The number of primary amides is 4. The van der Waals surface area contributed by atoms with Crippen molar-refractivity contribution in [3.63, 3.8) is 0 Å². The number of benzene rings is 4. The number of piperidine rings is 4. The summed E-state index contributed by atoms with van der Waals surface area (Å²) >= 11 is 0. The molecule has 112 heavy (non-hydrogen) atoms. The molecule has 0 saturated carbocycles. The van der Waals surface area contributed by atoms with Crippen LogP contribution < -0.4 is 44.2 Å². The summed E-state index contributed by atoms with van der Waals surface area (Å²) in [5, 5.41) is 10.2. The van der Waals surface area contributed by atoms with Gasteiger partial charge in [-0.2, -0.15) is 0 Å². The topological polar surface area (TPSA) is 422 Å². The number of pyridine rings is 4. The molecular formula is C84H96N16O12. The van der Waals surface area contributed by atoms with E-state index in [9.17, 15) is 57.5 Å². The second-order valence-electron chi connectivity index (χ2n) is 28.9. The third-order valence-electron chi connectivity index (χ3n) is 21.5. The number of nitrogens with one attached hydrogen (secondary N) is 4. The molecule has 0 bridgehead atoms. The molecular weight excluding hydrogens is 1430 g/mol. The van der Waals surface area contributed by atoms with Gasteiger partial charge >= 0.3 is 47.3 Å². The summed E-state index contributed by atoms with van der Waals surface area (Å²) in [5.41, 5.74) is 26.7. The Morgan fingerprint density at radius 2 is 0.455 bits per heavy atom. The Labute approximate surface area is 650 Å². The number of carbonyl (C=O) groups is 12. The summed E-state index contributed by atoms with van der Waals surface area (Å²) in [4.78, 5) is 170. The molecule has 4 fully saturated rings. The van der Waals surface area contributed by atoms with Gasteiger partial charge in [-0.25, -0.2) is 0 Å². The first-order valence-corrected chi connectivity index (χ1v) is 37.3. The third kappa shape index (κ3) is 20.9. The van der Waals surface area contributed by atoms with Crippen molar-refractivity contribution >= 4 is 93.6 Å². The molecule has 4 aromatic heterocycles. The number of rotatable bonds is 12. The Morgan fingerprint density at radius 3 is 0.625 bits per heavy atom. The van der Waals surface area contributed by atoms with Crippen LogP contribution in [0.5, 0.6) is 0 Å². The molecule has 584 valence electrons. The molecule has 0 spiro atoms. The van der Waals surface area contributed by atoms with Gasteiger partial charge in [0.15, 0.2) is 0 Å². The zero-order valence-corrected chi connectivity index (χ0v) is 63.8. The minimum Gasteiger partial charge on any atom is -0.366 e. The highest BCUT2D eigenvalue weighted by molar-refractivity contribution is 6.41. The number of anilines is 4. The minimum atomic E-state index is -0.759. The molecule has 8 heterocycles. The van der Waals surface area contributed by atoms with E-state index in [1.807, 2.05) is 149 Å². The number of amides is 12. The fourth-order valence-electron chi connectivity index (χ4n) is 14.5. The molecule has 0 aliphatic carbocycles. The molecule has 12 atom stereocenters. The molecule has 28 nitrogen and oxygen atoms in total. The molecule has 0 unspecified atom stereocenters. The van der Waals surface area contributed by atoms with Crippen molar-refractivity contribution in [1.29, 1.82) is 0 Å². The van der Waals surface area contributed by atoms with Crippen molar-refractivity contribution in [1.82, 2.24) is 39.5 Å². The summed E-state index contributed by atoms with van der Waals surface area (Å²) in [6.45, 7) is 16.2. The smallest absolute Gasteiger partial charge is 0.313 e. The van der Waals surface area contributed by atoms with Crippen LogP contribution in [0.25, 0.3) is 0 Å². The fourth-order valence-corrected chi connectivity index (χ4v) is 14.5. The van der Waals surface area contributed by atoms with Crippen molar-refractivity contribution in [2.45, 2.75) is 155 Å². The monoisotopic (exact) mass is 1520 g/mol. The van der Waals surface area contributed by atoms with Gasteiger partial charge in [-0.1, -0.05) is 149 Å². The highest BCUT2D eigenvalue weighted by Gasteiger charge is 2.43. The first-order valence-electron chi connectivity index (χ1n) is 37.3. The van der Waals surface area contributed by atoms with E-state index in [1.54, 1.807) is 19.6 Å². The van der Waals surface area contributed by atoms with Crippen LogP contribution in [0.2, 0.25) is 0 Å². The van der Waals surface area contributed by atoms with E-state index in [0.29, 0.717) is 0 Å². The lowest BCUT2D eigenvalue weighted by atomic mass is 9.84. The SMILES string of the molecule is C[C@@H]1CC[C@@H](c2ccccc2)N(C(=O)C(=O)Nc2cncc(C(N)=O)c2)[C@@H]1C.C[C@@H]1CC[C@@H](c2ccccc2)N(C(=O)C(=O)Nc2cncc(C(N)=O)c2)[C@@H]1C.C[C@@H]1CC[C@@H](c2ccccc2)N(C(=O)C(=O)Nc2cncc(C(N)=O)c2)[C@H]1C.C[C@H]1CC[C@H](c2ccccc2)N(C(=O)C(=O)Nc2cncc(C(N)=O)c2)[C@H]1C. The lowest BCUT2D eigenvalue weighted by molar-refractivity contribution is -0.149. The van der Waals surface area contributed by atoms with Crippen LogP contribution in [0.15, 0.2) is 195 Å². The first kappa shape index (κ1) is 83.2. The molecule has 4 aliphatic heterocycles. The molecule has 4 aliphatic rings. The summed E-state index contributed by atoms with van der Waals surface area (Å²) in [7, 11) is 0. The van der Waals surface area contributed by atoms with Crippen molar-refractivity contribution in [2.75, 3.05) is 21.3 Å². The molecule has 0 radical (unpaired) electrons. The van der Waals surface area contributed by atoms with Crippen molar-refractivity contribution in [2.24, 2.45) is 46.6 Å². The molecule has 12 N–H and O–H groups in total. The van der Waals surface area contributed by atoms with Crippen LogP contribution >= 0.6 is 0 Å². The van der Waals surface area contributed by atoms with Crippen LogP contribution in [0.4, 0.5) is 22.7 Å². The van der Waals surface area contributed by atoms with Crippen molar-refractivity contribution in [3.8, 4) is 0 Å². The molecule has 28 heteroatoms. The number of nitrogens with two attached hydrogens (primary N) is 4. The van der Waals surface area contributed by atoms with Gasteiger partial charge in [-0.3, -0.25) is 77.5 Å². The fraction of sp³-hybridized carbons (Fsp3) is 0.333. The Balaban J connectivity index is 0.000000171. The second-order valence-corrected chi connectivity index (χ2v) is 28.9. The largest absolute Gasteiger partial charge is 0.366 e. The van der Waals surface area contributed by atoms with E-state index < -0.39 is 70.9 Å². The highest BCUT2D eigenvalue weighted by atomic mass is 16.2. The maximum absolute atomic E-state index is 13.1. The average molecular weight is 1520 g/mol. The summed E-state index contributed by atoms with van der Waals surface area (Å²) in [6.07, 6.45) is 17.8. The van der Waals surface area contributed by atoms with E-state index in [2.05, 4.69) is 68.9 Å². The van der Waals surface area contributed by atoms with Gasteiger partial charge < -0.3 is 63.8 Å². The Hall–Kier alpha value is -12.9. The highest BCUT2D eigenvalue weighted by Crippen LogP contribution is 2.42. The van der Waals surface area contributed by atoms with Gasteiger partial charge in [-0.05, 0) is 149 Å². The van der Waals surface area contributed by atoms with E-state index in [0.717, 1.165) is 73.6 Å².